The summed E-state index contributed by atoms with van der Waals surface area (Å²) in [6.45, 7) is -1.50. The minimum atomic E-state index is -4.55. The van der Waals surface area contributed by atoms with Crippen molar-refractivity contribution in [2.75, 3.05) is 6.54 Å². The maximum absolute atomic E-state index is 12.1. The first kappa shape index (κ1) is 17.0. The van der Waals surface area contributed by atoms with Gasteiger partial charge in [-0.1, -0.05) is 11.6 Å². The van der Waals surface area contributed by atoms with E-state index in [1.54, 1.807) is 5.32 Å². The van der Waals surface area contributed by atoms with Crippen LogP contribution in [0.4, 0.5) is 13.2 Å². The Bertz CT molecular complexity index is 687. The van der Waals surface area contributed by atoms with E-state index in [0.717, 1.165) is 18.2 Å². The van der Waals surface area contributed by atoms with Crippen LogP contribution in [0.15, 0.2) is 23.1 Å². The highest BCUT2D eigenvalue weighted by atomic mass is 35.5. The topological polar surface area (TPSA) is 75.3 Å². The number of hydrogen-bond acceptors (Lipinski definition) is 3. The normalized spacial score (nSPS) is 15.6. The van der Waals surface area contributed by atoms with Crippen LogP contribution in [0.1, 0.15) is 23.2 Å². The molecule has 1 fully saturated rings. The number of rotatable bonds is 5. The molecule has 2 N–H and O–H groups in total. The van der Waals surface area contributed by atoms with Crippen LogP contribution in [0, 0.1) is 0 Å². The minimum absolute atomic E-state index is 0.111. The van der Waals surface area contributed by atoms with E-state index in [0.29, 0.717) is 12.8 Å². The Balaban J connectivity index is 2.20. The van der Waals surface area contributed by atoms with Crippen LogP contribution in [-0.4, -0.2) is 33.1 Å². The molecule has 0 heterocycles. The van der Waals surface area contributed by atoms with Crippen LogP contribution in [0.5, 0.6) is 0 Å². The highest BCUT2D eigenvalue weighted by molar-refractivity contribution is 7.89. The van der Waals surface area contributed by atoms with Gasteiger partial charge in [-0.05, 0) is 31.0 Å². The fourth-order valence-corrected chi connectivity index (χ4v) is 3.45. The summed E-state index contributed by atoms with van der Waals surface area (Å²) in [7, 11) is -3.91. The predicted molar refractivity (Wildman–Crippen MR) is 73.2 cm³/mol. The average molecular weight is 357 g/mol. The van der Waals surface area contributed by atoms with Gasteiger partial charge in [0.05, 0.1) is 5.02 Å². The molecule has 0 unspecified atom stereocenters. The summed E-state index contributed by atoms with van der Waals surface area (Å²) in [6.07, 6.45) is -3.13. The molecule has 1 aliphatic rings. The largest absolute Gasteiger partial charge is 0.405 e. The number of sulfonamides is 1. The van der Waals surface area contributed by atoms with E-state index in [-0.39, 0.29) is 21.5 Å². The zero-order chi connectivity index (χ0) is 16.5. The van der Waals surface area contributed by atoms with Gasteiger partial charge in [-0.3, -0.25) is 4.79 Å². The summed E-state index contributed by atoms with van der Waals surface area (Å²) in [6, 6.07) is 3.11. The zero-order valence-corrected chi connectivity index (χ0v) is 12.6. The summed E-state index contributed by atoms with van der Waals surface area (Å²) in [5.41, 5.74) is -0.218. The van der Waals surface area contributed by atoms with E-state index in [1.165, 1.54) is 0 Å². The molecule has 10 heteroatoms. The third-order valence-electron chi connectivity index (χ3n) is 2.83. The average Bonchev–Trinajstić information content (AvgIpc) is 3.18. The summed E-state index contributed by atoms with van der Waals surface area (Å²) < 4.78 is 62.8. The second-order valence-electron chi connectivity index (χ2n) is 4.84. The molecule has 0 bridgehead atoms. The molecule has 0 atom stereocenters. The van der Waals surface area contributed by atoms with Gasteiger partial charge in [-0.2, -0.15) is 13.2 Å². The lowest BCUT2D eigenvalue weighted by atomic mass is 10.2. The Hall–Kier alpha value is -1.32. The molecule has 2 rings (SSSR count). The number of carbonyl (C=O) groups excluding carboxylic acids is 1. The number of amides is 1. The number of halogens is 4. The second-order valence-corrected chi connectivity index (χ2v) is 6.93. The molecule has 0 aromatic heterocycles. The minimum Gasteiger partial charge on any atom is -0.343 e. The lowest BCUT2D eigenvalue weighted by Gasteiger charge is -2.11. The van der Waals surface area contributed by atoms with Crippen LogP contribution >= 0.6 is 11.6 Å². The molecule has 1 saturated carbocycles. The highest BCUT2D eigenvalue weighted by Crippen LogP contribution is 2.27. The van der Waals surface area contributed by atoms with Crippen molar-refractivity contribution in [3.8, 4) is 0 Å². The molecule has 0 radical (unpaired) electrons. The molecular weight excluding hydrogens is 345 g/mol. The predicted octanol–water partition coefficient (Wildman–Crippen LogP) is 2.07. The SMILES string of the molecule is O=C(NCC(F)(F)F)c1ccc(Cl)c(S(=O)(=O)NC2CC2)c1. The Labute approximate surface area is 129 Å². The van der Waals surface area contributed by atoms with Gasteiger partial charge in [0.25, 0.3) is 5.91 Å². The standard InChI is InChI=1S/C12H12ClF3N2O3S/c13-9-4-1-7(11(19)17-6-12(14,15)16)5-10(9)22(20,21)18-8-2-3-8/h1,4-5,8,18H,2-3,6H2,(H,17,19). The third-order valence-corrected chi connectivity index (χ3v) is 4.83. The van der Waals surface area contributed by atoms with Crippen LogP contribution in [0.3, 0.4) is 0 Å². The molecule has 22 heavy (non-hydrogen) atoms. The van der Waals surface area contributed by atoms with Crippen molar-refractivity contribution in [2.45, 2.75) is 30.0 Å². The fraction of sp³-hybridized carbons (Fsp3) is 0.417. The zero-order valence-electron chi connectivity index (χ0n) is 11.1. The lowest BCUT2D eigenvalue weighted by molar-refractivity contribution is -0.123. The van der Waals surface area contributed by atoms with E-state index >= 15 is 0 Å². The number of alkyl halides is 3. The van der Waals surface area contributed by atoms with Crippen molar-refractivity contribution in [3.05, 3.63) is 28.8 Å². The Morgan fingerprint density at radius 2 is 1.95 bits per heavy atom. The van der Waals surface area contributed by atoms with Crippen molar-refractivity contribution >= 4 is 27.5 Å². The number of hydrogen-bond donors (Lipinski definition) is 2. The van der Waals surface area contributed by atoms with Crippen molar-refractivity contribution in [2.24, 2.45) is 0 Å². The number of benzene rings is 1. The molecular formula is C12H12ClF3N2O3S. The van der Waals surface area contributed by atoms with E-state index in [2.05, 4.69) is 4.72 Å². The van der Waals surface area contributed by atoms with Gasteiger partial charge < -0.3 is 5.32 Å². The molecule has 5 nitrogen and oxygen atoms in total. The van der Waals surface area contributed by atoms with Gasteiger partial charge in [0.1, 0.15) is 11.4 Å². The second kappa shape index (κ2) is 6.05. The van der Waals surface area contributed by atoms with E-state index in [9.17, 15) is 26.4 Å². The van der Waals surface area contributed by atoms with Gasteiger partial charge in [0, 0.05) is 11.6 Å². The van der Waals surface area contributed by atoms with E-state index in [1.807, 2.05) is 0 Å². The van der Waals surface area contributed by atoms with Crippen molar-refractivity contribution in [1.82, 2.24) is 10.0 Å². The molecule has 0 spiro atoms. The first-order valence-corrected chi connectivity index (χ1v) is 8.11. The fourth-order valence-electron chi connectivity index (χ4n) is 1.62. The maximum Gasteiger partial charge on any atom is 0.405 e. The molecule has 1 aromatic carbocycles. The van der Waals surface area contributed by atoms with Crippen LogP contribution < -0.4 is 10.0 Å². The van der Waals surface area contributed by atoms with Gasteiger partial charge in [0.2, 0.25) is 10.0 Å². The molecule has 122 valence electrons. The molecule has 1 aromatic rings. The first-order chi connectivity index (χ1) is 10.1. The smallest absolute Gasteiger partial charge is 0.343 e. The van der Waals surface area contributed by atoms with Crippen LogP contribution in [-0.2, 0) is 10.0 Å². The monoisotopic (exact) mass is 356 g/mol. The van der Waals surface area contributed by atoms with E-state index < -0.39 is 28.7 Å². The Kier molecular flexibility index (Phi) is 4.69. The van der Waals surface area contributed by atoms with Crippen molar-refractivity contribution < 1.29 is 26.4 Å². The number of nitrogens with one attached hydrogen (secondary N) is 2. The molecule has 1 amide bonds. The van der Waals surface area contributed by atoms with Gasteiger partial charge in [0.15, 0.2) is 0 Å². The molecule has 1 aliphatic carbocycles. The summed E-state index contributed by atoms with van der Waals surface area (Å²) >= 11 is 5.81. The summed E-state index contributed by atoms with van der Waals surface area (Å²) in [5, 5.41) is 1.56. The van der Waals surface area contributed by atoms with Gasteiger partial charge >= 0.3 is 6.18 Å². The lowest BCUT2D eigenvalue weighted by Crippen LogP contribution is -2.34. The van der Waals surface area contributed by atoms with Crippen LogP contribution in [0.25, 0.3) is 0 Å². The van der Waals surface area contributed by atoms with Crippen molar-refractivity contribution in [1.29, 1.82) is 0 Å². The molecule has 0 aliphatic heterocycles. The summed E-state index contributed by atoms with van der Waals surface area (Å²) in [4.78, 5) is 11.3. The Morgan fingerprint density at radius 1 is 1.32 bits per heavy atom. The van der Waals surface area contributed by atoms with Crippen molar-refractivity contribution in [3.63, 3.8) is 0 Å². The molecule has 0 saturated heterocycles. The van der Waals surface area contributed by atoms with Gasteiger partial charge in [-0.15, -0.1) is 0 Å². The quantitative estimate of drug-likeness (QED) is 0.848. The third kappa shape index (κ3) is 4.59. The van der Waals surface area contributed by atoms with E-state index in [4.69, 9.17) is 11.6 Å². The van der Waals surface area contributed by atoms with Gasteiger partial charge in [-0.25, -0.2) is 13.1 Å². The first-order valence-electron chi connectivity index (χ1n) is 6.25. The highest BCUT2D eigenvalue weighted by Gasteiger charge is 2.30. The summed E-state index contributed by atoms with van der Waals surface area (Å²) in [5.74, 6) is -1.03. The number of carbonyl (C=O) groups is 1. The maximum atomic E-state index is 12.1. The van der Waals surface area contributed by atoms with Crippen LogP contribution in [0.2, 0.25) is 5.02 Å². The Morgan fingerprint density at radius 3 is 2.50 bits per heavy atom.